The van der Waals surface area contributed by atoms with Crippen LogP contribution < -0.4 is 0 Å². The van der Waals surface area contributed by atoms with Crippen LogP contribution in [0.3, 0.4) is 0 Å². The SMILES string of the molecule is CCc1nnc(SCC(=O)O)n1C(C)CC(C)CC. The van der Waals surface area contributed by atoms with Crippen LogP contribution >= 0.6 is 11.8 Å². The molecule has 1 N–H and O–H groups in total. The Morgan fingerprint density at radius 3 is 2.58 bits per heavy atom. The normalized spacial score (nSPS) is 14.3. The number of aliphatic carboxylic acids is 1. The molecule has 1 aromatic rings. The number of rotatable bonds is 8. The zero-order chi connectivity index (χ0) is 14.4. The minimum absolute atomic E-state index is 0.0257. The van der Waals surface area contributed by atoms with Crippen LogP contribution in [0.25, 0.3) is 0 Å². The van der Waals surface area contributed by atoms with Gasteiger partial charge in [-0.2, -0.15) is 0 Å². The first-order chi connectivity index (χ1) is 8.99. The monoisotopic (exact) mass is 285 g/mol. The van der Waals surface area contributed by atoms with E-state index in [1.54, 1.807) is 0 Å². The molecule has 0 amide bonds. The van der Waals surface area contributed by atoms with Crippen molar-refractivity contribution >= 4 is 17.7 Å². The molecule has 0 aliphatic carbocycles. The lowest BCUT2D eigenvalue weighted by Crippen LogP contribution is -2.14. The number of carboxylic acid groups (broad SMARTS) is 1. The summed E-state index contributed by atoms with van der Waals surface area (Å²) in [5.74, 6) is 0.771. The maximum absolute atomic E-state index is 10.7. The highest BCUT2D eigenvalue weighted by molar-refractivity contribution is 7.99. The van der Waals surface area contributed by atoms with Crippen LogP contribution in [0.5, 0.6) is 0 Å². The summed E-state index contributed by atoms with van der Waals surface area (Å²) in [5, 5.41) is 17.8. The lowest BCUT2D eigenvalue weighted by molar-refractivity contribution is -0.133. The Kier molecular flexibility index (Phi) is 6.34. The fourth-order valence-electron chi connectivity index (χ4n) is 2.07. The van der Waals surface area contributed by atoms with E-state index in [1.165, 1.54) is 11.8 Å². The van der Waals surface area contributed by atoms with Gasteiger partial charge in [0.2, 0.25) is 0 Å². The van der Waals surface area contributed by atoms with Gasteiger partial charge in [-0.3, -0.25) is 4.79 Å². The summed E-state index contributed by atoms with van der Waals surface area (Å²) in [4.78, 5) is 10.7. The van der Waals surface area contributed by atoms with Gasteiger partial charge < -0.3 is 9.67 Å². The van der Waals surface area contributed by atoms with Gasteiger partial charge in [0.25, 0.3) is 0 Å². The summed E-state index contributed by atoms with van der Waals surface area (Å²) < 4.78 is 2.10. The van der Waals surface area contributed by atoms with Gasteiger partial charge in [0.1, 0.15) is 5.82 Å². The molecule has 0 aliphatic rings. The van der Waals surface area contributed by atoms with Crippen molar-refractivity contribution in [1.29, 1.82) is 0 Å². The molecule has 0 aromatic carbocycles. The Balaban J connectivity index is 2.88. The van der Waals surface area contributed by atoms with Crippen molar-refractivity contribution in [2.45, 2.75) is 58.2 Å². The van der Waals surface area contributed by atoms with E-state index in [1.807, 2.05) is 6.92 Å². The molecular formula is C13H23N3O2S. The van der Waals surface area contributed by atoms with Gasteiger partial charge in [-0.05, 0) is 19.3 Å². The second kappa shape index (κ2) is 7.53. The molecule has 0 aliphatic heterocycles. The van der Waals surface area contributed by atoms with Crippen LogP contribution in [0, 0.1) is 5.92 Å². The van der Waals surface area contributed by atoms with E-state index in [0.29, 0.717) is 12.0 Å². The van der Waals surface area contributed by atoms with Gasteiger partial charge in [0.15, 0.2) is 5.16 Å². The molecule has 6 heteroatoms. The highest BCUT2D eigenvalue weighted by Gasteiger charge is 2.19. The van der Waals surface area contributed by atoms with Crippen molar-refractivity contribution in [2.75, 3.05) is 5.75 Å². The molecule has 5 nitrogen and oxygen atoms in total. The summed E-state index contributed by atoms with van der Waals surface area (Å²) in [5.41, 5.74) is 0. The van der Waals surface area contributed by atoms with Gasteiger partial charge in [0, 0.05) is 12.5 Å². The van der Waals surface area contributed by atoms with Gasteiger partial charge >= 0.3 is 5.97 Å². The fraction of sp³-hybridized carbons (Fsp3) is 0.769. The molecule has 0 fully saturated rings. The van der Waals surface area contributed by atoms with E-state index in [0.717, 1.165) is 30.2 Å². The molecule has 0 saturated heterocycles. The molecule has 19 heavy (non-hydrogen) atoms. The van der Waals surface area contributed by atoms with E-state index < -0.39 is 5.97 Å². The smallest absolute Gasteiger partial charge is 0.313 e. The molecule has 2 atom stereocenters. The largest absolute Gasteiger partial charge is 0.481 e. The highest BCUT2D eigenvalue weighted by Crippen LogP contribution is 2.26. The molecule has 0 bridgehead atoms. The minimum atomic E-state index is -0.827. The van der Waals surface area contributed by atoms with Gasteiger partial charge in [-0.15, -0.1) is 10.2 Å². The van der Waals surface area contributed by atoms with Crippen molar-refractivity contribution in [3.05, 3.63) is 5.82 Å². The van der Waals surface area contributed by atoms with Crippen molar-refractivity contribution < 1.29 is 9.90 Å². The molecule has 0 spiro atoms. The second-order valence-corrected chi connectivity index (χ2v) is 5.85. The van der Waals surface area contributed by atoms with Crippen LogP contribution in [0.1, 0.15) is 52.4 Å². The molecular weight excluding hydrogens is 262 g/mol. The van der Waals surface area contributed by atoms with Crippen LogP contribution in [-0.2, 0) is 11.2 Å². The molecule has 1 rings (SSSR count). The maximum Gasteiger partial charge on any atom is 0.313 e. The topological polar surface area (TPSA) is 68.0 Å². The van der Waals surface area contributed by atoms with Crippen molar-refractivity contribution in [1.82, 2.24) is 14.8 Å². The zero-order valence-electron chi connectivity index (χ0n) is 12.1. The van der Waals surface area contributed by atoms with E-state index in [9.17, 15) is 4.79 Å². The number of carbonyl (C=O) groups is 1. The van der Waals surface area contributed by atoms with E-state index >= 15 is 0 Å². The molecule has 0 radical (unpaired) electrons. The maximum atomic E-state index is 10.7. The Morgan fingerprint density at radius 1 is 1.37 bits per heavy atom. The molecule has 108 valence electrons. The number of carboxylic acids is 1. The minimum Gasteiger partial charge on any atom is -0.481 e. The third kappa shape index (κ3) is 4.53. The lowest BCUT2D eigenvalue weighted by Gasteiger charge is -2.20. The Bertz CT molecular complexity index is 420. The van der Waals surface area contributed by atoms with Crippen molar-refractivity contribution in [3.63, 3.8) is 0 Å². The standard InChI is InChI=1S/C13H23N3O2S/c1-5-9(3)7-10(4)16-11(6-2)14-15-13(16)19-8-12(17)18/h9-10H,5-8H2,1-4H3,(H,17,18). The number of aromatic nitrogens is 3. The highest BCUT2D eigenvalue weighted by atomic mass is 32.2. The zero-order valence-corrected chi connectivity index (χ0v) is 12.9. The molecule has 0 saturated carbocycles. The first-order valence-corrected chi connectivity index (χ1v) is 7.76. The van der Waals surface area contributed by atoms with Gasteiger partial charge in [-0.25, -0.2) is 0 Å². The Morgan fingerprint density at radius 2 is 2.05 bits per heavy atom. The van der Waals surface area contributed by atoms with E-state index in [2.05, 4.69) is 35.5 Å². The predicted octanol–water partition coefficient (Wildman–Crippen LogP) is 3.01. The number of aryl methyl sites for hydroxylation is 1. The molecule has 2 unspecified atom stereocenters. The van der Waals surface area contributed by atoms with Crippen molar-refractivity contribution in [3.8, 4) is 0 Å². The average molecular weight is 285 g/mol. The average Bonchev–Trinajstić information content (AvgIpc) is 2.78. The van der Waals surface area contributed by atoms with E-state index in [4.69, 9.17) is 5.11 Å². The van der Waals surface area contributed by atoms with Gasteiger partial charge in [0.05, 0.1) is 5.75 Å². The van der Waals surface area contributed by atoms with Crippen LogP contribution in [-0.4, -0.2) is 31.6 Å². The van der Waals surface area contributed by atoms with Gasteiger partial charge in [-0.1, -0.05) is 39.0 Å². The number of thioether (sulfide) groups is 1. The van der Waals surface area contributed by atoms with Crippen LogP contribution in [0.15, 0.2) is 5.16 Å². The summed E-state index contributed by atoms with van der Waals surface area (Å²) in [6.07, 6.45) is 3.01. The fourth-order valence-corrected chi connectivity index (χ4v) is 2.85. The molecule has 1 heterocycles. The lowest BCUT2D eigenvalue weighted by atomic mass is 10.0. The summed E-state index contributed by atoms with van der Waals surface area (Å²) >= 11 is 1.24. The second-order valence-electron chi connectivity index (χ2n) is 4.90. The third-order valence-corrected chi connectivity index (χ3v) is 4.19. The summed E-state index contributed by atoms with van der Waals surface area (Å²) in [6, 6.07) is 0.302. The van der Waals surface area contributed by atoms with Crippen LogP contribution in [0.4, 0.5) is 0 Å². The summed E-state index contributed by atoms with van der Waals surface area (Å²) in [7, 11) is 0. The molecule has 1 aromatic heterocycles. The number of hydrogen-bond acceptors (Lipinski definition) is 4. The first-order valence-electron chi connectivity index (χ1n) is 6.77. The number of nitrogens with zero attached hydrogens (tertiary/aromatic N) is 3. The van der Waals surface area contributed by atoms with E-state index in [-0.39, 0.29) is 5.75 Å². The first kappa shape index (κ1) is 16.0. The summed E-state index contributed by atoms with van der Waals surface area (Å²) in [6.45, 7) is 8.61. The Labute approximate surface area is 118 Å². The van der Waals surface area contributed by atoms with Crippen molar-refractivity contribution in [2.24, 2.45) is 5.92 Å². The number of hydrogen-bond donors (Lipinski definition) is 1. The third-order valence-electron chi connectivity index (χ3n) is 3.26. The predicted molar refractivity (Wildman–Crippen MR) is 76.5 cm³/mol. The Hall–Kier alpha value is -1.04. The quantitative estimate of drug-likeness (QED) is 0.744. The van der Waals surface area contributed by atoms with Crippen LogP contribution in [0.2, 0.25) is 0 Å².